The smallest absolute Gasteiger partial charge is 0.128 e. The summed E-state index contributed by atoms with van der Waals surface area (Å²) in [5, 5.41) is 9.34. The van der Waals surface area contributed by atoms with Crippen molar-refractivity contribution in [1.82, 2.24) is 0 Å². The summed E-state index contributed by atoms with van der Waals surface area (Å²) < 4.78 is 24.1. The molecule has 3 unspecified atom stereocenters. The zero-order chi connectivity index (χ0) is 11.0. The highest BCUT2D eigenvalue weighted by atomic mass is 19.2. The van der Waals surface area contributed by atoms with E-state index in [9.17, 15) is 18.7 Å². The van der Waals surface area contributed by atoms with Crippen LogP contribution in [0.1, 0.15) is 32.6 Å². The van der Waals surface area contributed by atoms with E-state index in [4.69, 9.17) is 0 Å². The molecule has 14 heavy (non-hydrogen) atoms. The molecular formula is C10H18F2O2. The molecule has 2 nitrogen and oxygen atoms in total. The van der Waals surface area contributed by atoms with Crippen molar-refractivity contribution >= 4 is 6.29 Å². The molecule has 4 heteroatoms. The molecule has 0 aliphatic heterocycles. The molecule has 0 aromatic heterocycles. The predicted molar refractivity (Wildman–Crippen MR) is 50.6 cm³/mol. The molecule has 0 heterocycles. The minimum absolute atomic E-state index is 0.193. The first-order chi connectivity index (χ1) is 6.61. The van der Waals surface area contributed by atoms with Crippen LogP contribution in [0.4, 0.5) is 8.78 Å². The van der Waals surface area contributed by atoms with Gasteiger partial charge in [-0.15, -0.1) is 0 Å². The third-order valence-electron chi connectivity index (χ3n) is 2.26. The highest BCUT2D eigenvalue weighted by Gasteiger charge is 2.13. The molecule has 0 bridgehead atoms. The van der Waals surface area contributed by atoms with E-state index < -0.39 is 19.0 Å². The lowest BCUT2D eigenvalue weighted by Crippen LogP contribution is -2.18. The van der Waals surface area contributed by atoms with Crippen LogP contribution in [0.3, 0.4) is 0 Å². The molecule has 3 atom stereocenters. The van der Waals surface area contributed by atoms with Crippen LogP contribution in [0.25, 0.3) is 0 Å². The lowest BCUT2D eigenvalue weighted by atomic mass is 10.00. The standard InChI is InChI=1S/C10H18F2O2/c1-8(7-13)10(14)5-3-2-4-9(12)6-11/h7-10,14H,2-6H2,1H3. The van der Waals surface area contributed by atoms with Gasteiger partial charge in [-0.3, -0.25) is 0 Å². The molecule has 0 saturated heterocycles. The molecule has 0 rings (SSSR count). The van der Waals surface area contributed by atoms with Crippen molar-refractivity contribution in [3.8, 4) is 0 Å². The van der Waals surface area contributed by atoms with Gasteiger partial charge in [-0.1, -0.05) is 19.8 Å². The number of unbranched alkanes of at least 4 members (excludes halogenated alkanes) is 1. The third kappa shape index (κ3) is 6.02. The summed E-state index contributed by atoms with van der Waals surface area (Å²) in [6, 6.07) is 0. The predicted octanol–water partition coefficient (Wildman–Crippen LogP) is 2.05. The highest BCUT2D eigenvalue weighted by molar-refractivity contribution is 5.53. The Bertz CT molecular complexity index is 153. The number of aliphatic hydroxyl groups excluding tert-OH is 1. The van der Waals surface area contributed by atoms with Crippen LogP contribution in [-0.2, 0) is 4.79 Å². The van der Waals surface area contributed by atoms with Crippen molar-refractivity contribution in [2.75, 3.05) is 6.67 Å². The van der Waals surface area contributed by atoms with Gasteiger partial charge < -0.3 is 9.90 Å². The van der Waals surface area contributed by atoms with E-state index in [1.807, 2.05) is 0 Å². The van der Waals surface area contributed by atoms with Gasteiger partial charge >= 0.3 is 0 Å². The SMILES string of the molecule is CC(C=O)C(O)CCCCC(F)CF. The fraction of sp³-hybridized carbons (Fsp3) is 0.900. The number of rotatable bonds is 8. The second-order valence-corrected chi connectivity index (χ2v) is 3.60. The van der Waals surface area contributed by atoms with Crippen molar-refractivity contribution < 1.29 is 18.7 Å². The number of carbonyl (C=O) groups is 1. The number of hydrogen-bond donors (Lipinski definition) is 1. The largest absolute Gasteiger partial charge is 0.392 e. The first-order valence-corrected chi connectivity index (χ1v) is 4.95. The van der Waals surface area contributed by atoms with E-state index in [-0.39, 0.29) is 12.3 Å². The van der Waals surface area contributed by atoms with Crippen LogP contribution in [0.5, 0.6) is 0 Å². The minimum Gasteiger partial charge on any atom is -0.392 e. The third-order valence-corrected chi connectivity index (χ3v) is 2.26. The molecule has 0 aliphatic carbocycles. The molecule has 0 aromatic rings. The summed E-state index contributed by atoms with van der Waals surface area (Å²) in [7, 11) is 0. The lowest BCUT2D eigenvalue weighted by molar-refractivity contribution is -0.113. The first kappa shape index (κ1) is 13.5. The van der Waals surface area contributed by atoms with Crippen LogP contribution >= 0.6 is 0 Å². The Kier molecular flexibility index (Phi) is 7.57. The van der Waals surface area contributed by atoms with Crippen LogP contribution in [0.2, 0.25) is 0 Å². The number of alkyl halides is 2. The summed E-state index contributed by atoms with van der Waals surface area (Å²) in [5.41, 5.74) is 0. The normalized spacial score (nSPS) is 17.4. The second-order valence-electron chi connectivity index (χ2n) is 3.60. The Labute approximate surface area is 83.3 Å². The molecule has 0 amide bonds. The quantitative estimate of drug-likeness (QED) is 0.489. The van der Waals surface area contributed by atoms with Gasteiger partial charge in [0.25, 0.3) is 0 Å². The topological polar surface area (TPSA) is 37.3 Å². The van der Waals surface area contributed by atoms with Crippen LogP contribution in [-0.4, -0.2) is 30.3 Å². The Morgan fingerprint density at radius 3 is 2.43 bits per heavy atom. The zero-order valence-corrected chi connectivity index (χ0v) is 8.46. The number of aldehydes is 1. The second kappa shape index (κ2) is 7.85. The van der Waals surface area contributed by atoms with E-state index in [0.717, 1.165) is 0 Å². The fourth-order valence-electron chi connectivity index (χ4n) is 1.15. The molecule has 0 fully saturated rings. The van der Waals surface area contributed by atoms with Crippen LogP contribution in [0.15, 0.2) is 0 Å². The van der Waals surface area contributed by atoms with Crippen molar-refractivity contribution in [2.45, 2.75) is 44.9 Å². The minimum atomic E-state index is -1.38. The van der Waals surface area contributed by atoms with Gasteiger partial charge in [0.2, 0.25) is 0 Å². The summed E-state index contributed by atoms with van der Waals surface area (Å²) in [4.78, 5) is 10.3. The van der Waals surface area contributed by atoms with Crippen molar-refractivity contribution in [3.63, 3.8) is 0 Å². The van der Waals surface area contributed by atoms with Crippen molar-refractivity contribution in [1.29, 1.82) is 0 Å². The van der Waals surface area contributed by atoms with Gasteiger partial charge in [0.05, 0.1) is 6.10 Å². The van der Waals surface area contributed by atoms with E-state index in [1.54, 1.807) is 6.92 Å². The molecule has 0 aromatic carbocycles. The number of carbonyl (C=O) groups excluding carboxylic acids is 1. The maximum absolute atomic E-state index is 12.4. The first-order valence-electron chi connectivity index (χ1n) is 4.95. The van der Waals surface area contributed by atoms with Gasteiger partial charge in [0.15, 0.2) is 0 Å². The molecule has 0 spiro atoms. The summed E-state index contributed by atoms with van der Waals surface area (Å²) >= 11 is 0. The molecular weight excluding hydrogens is 190 g/mol. The number of aliphatic hydroxyl groups is 1. The Hall–Kier alpha value is -0.510. The lowest BCUT2D eigenvalue weighted by Gasteiger charge is -2.12. The number of halogens is 2. The zero-order valence-electron chi connectivity index (χ0n) is 8.46. The van der Waals surface area contributed by atoms with E-state index in [2.05, 4.69) is 0 Å². The van der Waals surface area contributed by atoms with Crippen molar-refractivity contribution in [2.24, 2.45) is 5.92 Å². The van der Waals surface area contributed by atoms with Crippen molar-refractivity contribution in [3.05, 3.63) is 0 Å². The van der Waals surface area contributed by atoms with Crippen LogP contribution < -0.4 is 0 Å². The van der Waals surface area contributed by atoms with E-state index in [0.29, 0.717) is 25.5 Å². The maximum atomic E-state index is 12.4. The summed E-state index contributed by atoms with van der Waals surface area (Å²) in [5.74, 6) is -0.377. The number of hydrogen-bond acceptors (Lipinski definition) is 2. The Morgan fingerprint density at radius 2 is 1.93 bits per heavy atom. The fourth-order valence-corrected chi connectivity index (χ4v) is 1.15. The Balaban J connectivity index is 3.40. The average molecular weight is 208 g/mol. The van der Waals surface area contributed by atoms with Crippen LogP contribution in [0, 0.1) is 5.92 Å². The summed E-state index contributed by atoms with van der Waals surface area (Å²) in [6.07, 6.45) is 0.501. The van der Waals surface area contributed by atoms with Gasteiger partial charge in [0.1, 0.15) is 19.1 Å². The van der Waals surface area contributed by atoms with Gasteiger partial charge in [0, 0.05) is 5.92 Å². The maximum Gasteiger partial charge on any atom is 0.128 e. The summed E-state index contributed by atoms with van der Waals surface area (Å²) in [6.45, 7) is 0.699. The average Bonchev–Trinajstić information content (AvgIpc) is 2.22. The van der Waals surface area contributed by atoms with Gasteiger partial charge in [-0.25, -0.2) is 8.78 Å². The molecule has 0 aliphatic rings. The molecule has 0 saturated carbocycles. The monoisotopic (exact) mass is 208 g/mol. The van der Waals surface area contributed by atoms with E-state index in [1.165, 1.54) is 0 Å². The molecule has 84 valence electrons. The van der Waals surface area contributed by atoms with E-state index >= 15 is 0 Å². The highest BCUT2D eigenvalue weighted by Crippen LogP contribution is 2.12. The van der Waals surface area contributed by atoms with Gasteiger partial charge in [-0.2, -0.15) is 0 Å². The molecule has 0 radical (unpaired) electrons. The molecule has 1 N–H and O–H groups in total. The Morgan fingerprint density at radius 1 is 1.36 bits per heavy atom. The van der Waals surface area contributed by atoms with Gasteiger partial charge in [-0.05, 0) is 12.8 Å².